The molecule has 0 spiro atoms. The Morgan fingerprint density at radius 2 is 1.93 bits per heavy atom. The Labute approximate surface area is 176 Å². The summed E-state index contributed by atoms with van der Waals surface area (Å²) in [6.07, 6.45) is 0. The first kappa shape index (κ1) is 21.6. The minimum Gasteiger partial charge on any atom is -0.494 e. The number of anilines is 2. The molecule has 2 aromatic carbocycles. The first-order valence-corrected chi connectivity index (χ1v) is 10.1. The lowest BCUT2D eigenvalue weighted by Gasteiger charge is -2.36. The zero-order chi connectivity index (χ0) is 21.8. The Balaban J connectivity index is 1.62. The van der Waals surface area contributed by atoms with E-state index in [1.807, 2.05) is 6.92 Å². The molecule has 0 saturated carbocycles. The average molecular weight is 413 g/mol. The van der Waals surface area contributed by atoms with Gasteiger partial charge in [0.2, 0.25) is 0 Å². The second-order valence-corrected chi connectivity index (χ2v) is 7.72. The first-order chi connectivity index (χ1) is 14.3. The van der Waals surface area contributed by atoms with Crippen LogP contribution in [0.25, 0.3) is 0 Å². The van der Waals surface area contributed by atoms with Gasteiger partial charge in [0.1, 0.15) is 5.75 Å². The van der Waals surface area contributed by atoms with Crippen molar-refractivity contribution in [1.29, 1.82) is 0 Å². The zero-order valence-electron chi connectivity index (χ0n) is 17.9. The van der Waals surface area contributed by atoms with E-state index in [1.165, 1.54) is 47.0 Å². The van der Waals surface area contributed by atoms with Gasteiger partial charge in [-0.25, -0.2) is 0 Å². The van der Waals surface area contributed by atoms with Crippen LogP contribution in [0.5, 0.6) is 5.75 Å². The van der Waals surface area contributed by atoms with Crippen molar-refractivity contribution in [2.75, 3.05) is 43.5 Å². The number of hydrogen-bond acceptors (Lipinski definition) is 5. The summed E-state index contributed by atoms with van der Waals surface area (Å²) in [6.45, 7) is 9.68. The number of amides is 1. The fourth-order valence-electron chi connectivity index (χ4n) is 3.87. The molecular weight excluding hydrogens is 384 g/mol. The highest BCUT2D eigenvalue weighted by atomic mass is 16.6. The van der Waals surface area contributed by atoms with Gasteiger partial charge in [0.15, 0.2) is 6.04 Å². The molecule has 1 atom stereocenters. The van der Waals surface area contributed by atoms with Gasteiger partial charge in [-0.1, -0.05) is 12.1 Å². The third-order valence-corrected chi connectivity index (χ3v) is 5.98. The fourth-order valence-corrected chi connectivity index (χ4v) is 3.87. The highest BCUT2D eigenvalue weighted by molar-refractivity contribution is 5.95. The molecule has 8 nitrogen and oxygen atoms in total. The Morgan fingerprint density at radius 3 is 2.57 bits per heavy atom. The van der Waals surface area contributed by atoms with Crippen molar-refractivity contribution in [3.63, 3.8) is 0 Å². The monoisotopic (exact) mass is 413 g/mol. The highest BCUT2D eigenvalue weighted by Gasteiger charge is 2.30. The standard InChI is InChI=1S/C22H28N4O4/c1-15-6-5-7-20(16(15)2)25-12-10-24(11-13-25)17(3)22(27)23-19-9-8-18(26(28)29)14-21(19)30-4/h5-9,14,17H,10-13H2,1-4H3,(H,23,27)/p+1/t17-/m1/s1. The van der Waals surface area contributed by atoms with Crippen LogP contribution in [0.4, 0.5) is 17.1 Å². The molecule has 30 heavy (non-hydrogen) atoms. The number of nitro groups is 1. The van der Waals surface area contributed by atoms with Crippen LogP contribution in [-0.4, -0.2) is 50.2 Å². The molecule has 3 rings (SSSR count). The molecule has 1 fully saturated rings. The van der Waals surface area contributed by atoms with Crippen LogP contribution in [0, 0.1) is 24.0 Å². The van der Waals surface area contributed by atoms with Crippen LogP contribution in [0.3, 0.4) is 0 Å². The van der Waals surface area contributed by atoms with Gasteiger partial charge < -0.3 is 19.9 Å². The summed E-state index contributed by atoms with van der Waals surface area (Å²) in [5.41, 5.74) is 4.21. The number of aryl methyl sites for hydroxylation is 1. The topological polar surface area (TPSA) is 89.1 Å². The smallest absolute Gasteiger partial charge is 0.282 e. The Kier molecular flexibility index (Phi) is 6.56. The van der Waals surface area contributed by atoms with E-state index < -0.39 is 4.92 Å². The van der Waals surface area contributed by atoms with E-state index in [0.29, 0.717) is 5.69 Å². The number of hydrogen-bond donors (Lipinski definition) is 2. The van der Waals surface area contributed by atoms with E-state index >= 15 is 0 Å². The second kappa shape index (κ2) is 9.13. The zero-order valence-corrected chi connectivity index (χ0v) is 17.9. The van der Waals surface area contributed by atoms with Crippen LogP contribution in [0.15, 0.2) is 36.4 Å². The van der Waals surface area contributed by atoms with Gasteiger partial charge in [-0.15, -0.1) is 0 Å². The molecule has 1 heterocycles. The van der Waals surface area contributed by atoms with Crippen molar-refractivity contribution < 1.29 is 19.4 Å². The van der Waals surface area contributed by atoms with Gasteiger partial charge in [-0.3, -0.25) is 14.9 Å². The molecule has 0 unspecified atom stereocenters. The number of ether oxygens (including phenoxy) is 1. The normalized spacial score (nSPS) is 15.5. The van der Waals surface area contributed by atoms with Crippen LogP contribution < -0.4 is 19.9 Å². The van der Waals surface area contributed by atoms with Crippen molar-refractivity contribution >= 4 is 23.0 Å². The second-order valence-electron chi connectivity index (χ2n) is 7.72. The van der Waals surface area contributed by atoms with Crippen LogP contribution >= 0.6 is 0 Å². The number of rotatable bonds is 6. The Hall–Kier alpha value is -3.13. The molecule has 2 aromatic rings. The minimum absolute atomic E-state index is 0.0777. The van der Waals surface area contributed by atoms with Gasteiger partial charge >= 0.3 is 0 Å². The summed E-state index contributed by atoms with van der Waals surface area (Å²) in [4.78, 5) is 26.9. The molecule has 1 saturated heterocycles. The number of non-ortho nitro benzene ring substituents is 1. The maximum atomic E-state index is 12.8. The average Bonchev–Trinajstić information content (AvgIpc) is 2.75. The summed E-state index contributed by atoms with van der Waals surface area (Å²) in [5, 5.41) is 13.8. The summed E-state index contributed by atoms with van der Waals surface area (Å²) in [5.74, 6) is 0.150. The highest BCUT2D eigenvalue weighted by Crippen LogP contribution is 2.29. The van der Waals surface area contributed by atoms with Crippen molar-refractivity contribution in [2.24, 2.45) is 0 Å². The molecule has 2 N–H and O–H groups in total. The molecule has 160 valence electrons. The van der Waals surface area contributed by atoms with Gasteiger partial charge in [0, 0.05) is 11.8 Å². The molecule has 0 aromatic heterocycles. The molecular formula is C22H29N4O4+. The lowest BCUT2D eigenvalue weighted by atomic mass is 10.1. The van der Waals surface area contributed by atoms with Gasteiger partial charge in [-0.05, 0) is 44.0 Å². The number of piperazine rings is 1. The van der Waals surface area contributed by atoms with Gasteiger partial charge in [0.05, 0.1) is 50.0 Å². The van der Waals surface area contributed by atoms with Crippen LogP contribution in [0.1, 0.15) is 18.1 Å². The Morgan fingerprint density at radius 1 is 1.23 bits per heavy atom. The number of nitro benzene ring substituents is 1. The maximum Gasteiger partial charge on any atom is 0.282 e. The largest absolute Gasteiger partial charge is 0.494 e. The number of nitrogens with one attached hydrogen (secondary N) is 2. The van der Waals surface area contributed by atoms with Crippen molar-refractivity contribution in [1.82, 2.24) is 0 Å². The number of carbonyl (C=O) groups excluding carboxylic acids is 1. The first-order valence-electron chi connectivity index (χ1n) is 10.1. The number of carbonyl (C=O) groups is 1. The number of methoxy groups -OCH3 is 1. The third kappa shape index (κ3) is 4.54. The molecule has 0 aliphatic carbocycles. The van der Waals surface area contributed by atoms with Crippen molar-refractivity contribution in [3.8, 4) is 5.75 Å². The third-order valence-electron chi connectivity index (χ3n) is 5.98. The van der Waals surface area contributed by atoms with Crippen molar-refractivity contribution in [2.45, 2.75) is 26.8 Å². The SMILES string of the molecule is COc1cc([N+](=O)[O-])ccc1NC(=O)[C@@H](C)[NH+]1CCN(c2cccc(C)c2C)CC1. The summed E-state index contributed by atoms with van der Waals surface area (Å²) in [7, 11) is 1.43. The van der Waals surface area contributed by atoms with E-state index in [0.717, 1.165) is 26.2 Å². The minimum atomic E-state index is -0.490. The van der Waals surface area contributed by atoms with Crippen molar-refractivity contribution in [3.05, 3.63) is 57.6 Å². The predicted molar refractivity (Wildman–Crippen MR) is 117 cm³/mol. The number of quaternary nitrogens is 1. The maximum absolute atomic E-state index is 12.8. The molecule has 1 amide bonds. The van der Waals surface area contributed by atoms with Crippen LogP contribution in [-0.2, 0) is 4.79 Å². The molecule has 1 aliphatic rings. The molecule has 0 bridgehead atoms. The lowest BCUT2D eigenvalue weighted by Crippen LogP contribution is -3.19. The van der Waals surface area contributed by atoms with E-state index in [1.54, 1.807) is 0 Å². The quantitative estimate of drug-likeness (QED) is 0.558. The summed E-state index contributed by atoms with van der Waals surface area (Å²) >= 11 is 0. The molecule has 8 heteroatoms. The van der Waals surface area contributed by atoms with E-state index in [-0.39, 0.29) is 23.4 Å². The Bertz CT molecular complexity index is 939. The number of benzene rings is 2. The number of nitrogens with zero attached hydrogens (tertiary/aromatic N) is 2. The fraction of sp³-hybridized carbons (Fsp3) is 0.409. The van der Waals surface area contributed by atoms with Crippen LogP contribution in [0.2, 0.25) is 0 Å². The summed E-state index contributed by atoms with van der Waals surface area (Å²) in [6, 6.07) is 10.3. The van der Waals surface area contributed by atoms with E-state index in [4.69, 9.17) is 4.74 Å². The predicted octanol–water partition coefficient (Wildman–Crippen LogP) is 1.95. The lowest BCUT2D eigenvalue weighted by molar-refractivity contribution is -0.914. The van der Waals surface area contributed by atoms with Gasteiger partial charge in [-0.2, -0.15) is 0 Å². The van der Waals surface area contributed by atoms with E-state index in [9.17, 15) is 14.9 Å². The van der Waals surface area contributed by atoms with Gasteiger partial charge in [0.25, 0.3) is 11.6 Å². The summed E-state index contributed by atoms with van der Waals surface area (Å²) < 4.78 is 5.21. The van der Waals surface area contributed by atoms with E-state index in [2.05, 4.69) is 42.3 Å². The molecule has 1 aliphatic heterocycles. The molecule has 0 radical (unpaired) electrons.